The number of carbonyl (C=O) groups excluding carboxylic acids is 3. The molecule has 0 unspecified atom stereocenters. The number of anilines is 2. The van der Waals surface area contributed by atoms with E-state index in [-0.39, 0.29) is 17.1 Å². The molecule has 0 aliphatic heterocycles. The van der Waals surface area contributed by atoms with Crippen LogP contribution < -0.4 is 15.4 Å². The number of hydrogen-bond donors (Lipinski definition) is 2. The second kappa shape index (κ2) is 11.1. The van der Waals surface area contributed by atoms with E-state index in [1.165, 1.54) is 0 Å². The summed E-state index contributed by atoms with van der Waals surface area (Å²) in [7, 11) is 0. The molecule has 194 valence electrons. The van der Waals surface area contributed by atoms with Gasteiger partial charge >= 0.3 is 0 Å². The minimum absolute atomic E-state index is 0.0849. The van der Waals surface area contributed by atoms with Gasteiger partial charge in [-0.1, -0.05) is 66.2 Å². The molecule has 0 radical (unpaired) electrons. The predicted molar refractivity (Wildman–Crippen MR) is 151 cm³/mol. The van der Waals surface area contributed by atoms with Crippen LogP contribution in [0.15, 0.2) is 101 Å². The van der Waals surface area contributed by atoms with Crippen molar-refractivity contribution >= 4 is 39.9 Å². The zero-order valence-electron chi connectivity index (χ0n) is 21.5. The number of ether oxygens (including phenoxy) is 1. The Kier molecular flexibility index (Phi) is 7.23. The van der Waals surface area contributed by atoms with E-state index in [0.717, 1.165) is 10.9 Å². The van der Waals surface area contributed by atoms with Crippen molar-refractivity contribution in [3.8, 4) is 5.75 Å². The number of nitrogens with one attached hydrogen (secondary N) is 2. The van der Waals surface area contributed by atoms with E-state index < -0.39 is 11.8 Å². The molecule has 4 aromatic carbocycles. The lowest BCUT2D eigenvalue weighted by Crippen LogP contribution is -2.19. The predicted octanol–water partition coefficient (Wildman–Crippen LogP) is 6.88. The van der Waals surface area contributed by atoms with E-state index >= 15 is 0 Å². The Morgan fingerprint density at radius 1 is 0.744 bits per heavy atom. The lowest BCUT2D eigenvalue weighted by atomic mass is 9.99. The van der Waals surface area contributed by atoms with Gasteiger partial charge in [-0.05, 0) is 50.2 Å². The molecule has 2 N–H and O–H groups in total. The largest absolute Gasteiger partial charge is 0.490 e. The van der Waals surface area contributed by atoms with Crippen molar-refractivity contribution in [2.24, 2.45) is 0 Å². The number of furan rings is 1. The molecule has 2 amide bonds. The van der Waals surface area contributed by atoms with Crippen molar-refractivity contribution in [2.45, 2.75) is 13.8 Å². The molecule has 5 rings (SSSR count). The van der Waals surface area contributed by atoms with Crippen LogP contribution in [-0.4, -0.2) is 24.2 Å². The van der Waals surface area contributed by atoms with Gasteiger partial charge < -0.3 is 19.8 Å². The third kappa shape index (κ3) is 5.43. The fourth-order valence-corrected chi connectivity index (χ4v) is 4.28. The standard InChI is InChI=1S/C32H26N2O5/c1-3-38-27-15-9-12-22-19-28(39-30(22)27)32(37)34-25-14-8-7-13-23(25)31(36)33-26-17-16-20(2)18-24(26)29(35)21-10-5-4-6-11-21/h4-19H,3H2,1-2H3,(H,33,36)(H,34,37). The van der Waals surface area contributed by atoms with Crippen LogP contribution in [0, 0.1) is 6.92 Å². The minimum atomic E-state index is -0.510. The number of amides is 2. The summed E-state index contributed by atoms with van der Waals surface area (Å²) >= 11 is 0. The van der Waals surface area contributed by atoms with Crippen LogP contribution in [0.3, 0.4) is 0 Å². The highest BCUT2D eigenvalue weighted by atomic mass is 16.5. The van der Waals surface area contributed by atoms with Gasteiger partial charge in [-0.15, -0.1) is 0 Å². The number of hydrogen-bond acceptors (Lipinski definition) is 5. The number of fused-ring (bicyclic) bond motifs is 1. The van der Waals surface area contributed by atoms with Crippen LogP contribution in [0.2, 0.25) is 0 Å². The van der Waals surface area contributed by atoms with Crippen LogP contribution in [0.25, 0.3) is 11.0 Å². The highest BCUT2D eigenvalue weighted by Gasteiger charge is 2.20. The van der Waals surface area contributed by atoms with E-state index in [9.17, 15) is 14.4 Å². The van der Waals surface area contributed by atoms with Gasteiger partial charge in [0.1, 0.15) is 0 Å². The van der Waals surface area contributed by atoms with Crippen molar-refractivity contribution in [3.63, 3.8) is 0 Å². The van der Waals surface area contributed by atoms with E-state index in [4.69, 9.17) is 9.15 Å². The van der Waals surface area contributed by atoms with E-state index in [2.05, 4.69) is 10.6 Å². The molecular formula is C32H26N2O5. The van der Waals surface area contributed by atoms with Crippen LogP contribution in [0.4, 0.5) is 11.4 Å². The van der Waals surface area contributed by atoms with Crippen LogP contribution in [0.5, 0.6) is 5.75 Å². The van der Waals surface area contributed by atoms with Gasteiger partial charge in [-0.2, -0.15) is 0 Å². The Morgan fingerprint density at radius 2 is 1.46 bits per heavy atom. The number of benzene rings is 4. The summed E-state index contributed by atoms with van der Waals surface area (Å²) in [6.45, 7) is 4.21. The fraction of sp³-hybridized carbons (Fsp3) is 0.0938. The molecule has 39 heavy (non-hydrogen) atoms. The Hall–Kier alpha value is -5.17. The van der Waals surface area contributed by atoms with E-state index in [1.54, 1.807) is 72.8 Å². The molecule has 5 aromatic rings. The molecule has 0 atom stereocenters. The molecule has 1 aromatic heterocycles. The normalized spacial score (nSPS) is 10.7. The molecule has 0 saturated carbocycles. The zero-order valence-corrected chi connectivity index (χ0v) is 21.5. The maximum atomic E-state index is 13.4. The maximum Gasteiger partial charge on any atom is 0.291 e. The Morgan fingerprint density at radius 3 is 2.26 bits per heavy atom. The maximum absolute atomic E-state index is 13.4. The van der Waals surface area contributed by atoms with Gasteiger partial charge in [0.15, 0.2) is 22.9 Å². The topological polar surface area (TPSA) is 97.6 Å². The number of carbonyl (C=O) groups is 3. The second-order valence-electron chi connectivity index (χ2n) is 8.92. The van der Waals surface area contributed by atoms with E-state index in [0.29, 0.717) is 40.4 Å². The Bertz CT molecular complexity index is 1690. The summed E-state index contributed by atoms with van der Waals surface area (Å²) in [6, 6.07) is 27.9. The van der Waals surface area contributed by atoms with Gasteiger partial charge in [0.05, 0.1) is 23.5 Å². The van der Waals surface area contributed by atoms with Crippen molar-refractivity contribution in [3.05, 3.63) is 125 Å². The monoisotopic (exact) mass is 518 g/mol. The molecule has 7 heteroatoms. The number of ketones is 1. The summed E-state index contributed by atoms with van der Waals surface area (Å²) in [4.78, 5) is 39.7. The van der Waals surface area contributed by atoms with Crippen LogP contribution in [-0.2, 0) is 0 Å². The first kappa shape index (κ1) is 25.5. The molecule has 0 aliphatic rings. The zero-order chi connectivity index (χ0) is 27.4. The Balaban J connectivity index is 1.40. The molecule has 0 bridgehead atoms. The average Bonchev–Trinajstić information content (AvgIpc) is 3.40. The fourth-order valence-electron chi connectivity index (χ4n) is 4.28. The molecule has 1 heterocycles. The SMILES string of the molecule is CCOc1cccc2cc(C(=O)Nc3ccccc3C(=O)Nc3ccc(C)cc3C(=O)c3ccccc3)oc12. The molecule has 0 spiro atoms. The van der Waals surface area contributed by atoms with Gasteiger partial charge in [-0.3, -0.25) is 14.4 Å². The highest BCUT2D eigenvalue weighted by molar-refractivity contribution is 6.17. The van der Waals surface area contributed by atoms with Crippen molar-refractivity contribution < 1.29 is 23.5 Å². The van der Waals surface area contributed by atoms with Gasteiger partial charge in [0.25, 0.3) is 11.8 Å². The van der Waals surface area contributed by atoms with Crippen LogP contribution >= 0.6 is 0 Å². The first-order valence-electron chi connectivity index (χ1n) is 12.5. The number of rotatable bonds is 8. The summed E-state index contributed by atoms with van der Waals surface area (Å²) in [5, 5.41) is 6.36. The van der Waals surface area contributed by atoms with E-state index in [1.807, 2.05) is 38.1 Å². The van der Waals surface area contributed by atoms with Crippen molar-refractivity contribution in [2.75, 3.05) is 17.2 Å². The number of aryl methyl sites for hydroxylation is 1. The first-order valence-corrected chi connectivity index (χ1v) is 12.5. The molecule has 7 nitrogen and oxygen atoms in total. The molecule has 0 saturated heterocycles. The summed E-state index contributed by atoms with van der Waals surface area (Å²) in [6.07, 6.45) is 0. The second-order valence-corrected chi connectivity index (χ2v) is 8.92. The van der Waals surface area contributed by atoms with Crippen molar-refractivity contribution in [1.29, 1.82) is 0 Å². The summed E-state index contributed by atoms with van der Waals surface area (Å²) in [5.74, 6) is -0.550. The molecule has 0 aliphatic carbocycles. The Labute approximate surface area is 225 Å². The third-order valence-corrected chi connectivity index (χ3v) is 6.16. The molecule has 0 fully saturated rings. The minimum Gasteiger partial charge on any atom is -0.490 e. The van der Waals surface area contributed by atoms with Gasteiger partial charge in [0.2, 0.25) is 0 Å². The quantitative estimate of drug-likeness (QED) is 0.218. The first-order chi connectivity index (χ1) is 18.9. The summed E-state index contributed by atoms with van der Waals surface area (Å²) in [5.41, 5.74) is 3.17. The third-order valence-electron chi connectivity index (χ3n) is 6.16. The van der Waals surface area contributed by atoms with Crippen molar-refractivity contribution in [1.82, 2.24) is 0 Å². The number of para-hydroxylation sites is 2. The van der Waals surface area contributed by atoms with Gasteiger partial charge in [-0.25, -0.2) is 0 Å². The smallest absolute Gasteiger partial charge is 0.291 e. The van der Waals surface area contributed by atoms with Crippen LogP contribution in [0.1, 0.15) is 49.3 Å². The molecular weight excluding hydrogens is 492 g/mol. The van der Waals surface area contributed by atoms with Gasteiger partial charge in [0, 0.05) is 16.5 Å². The average molecular weight is 519 g/mol. The summed E-state index contributed by atoms with van der Waals surface area (Å²) < 4.78 is 11.4. The lowest BCUT2D eigenvalue weighted by Gasteiger charge is -2.14. The lowest BCUT2D eigenvalue weighted by molar-refractivity contribution is 0.0997. The highest BCUT2D eigenvalue weighted by Crippen LogP contribution is 2.30.